The molecule has 1 unspecified atom stereocenters. The molecule has 19 heavy (non-hydrogen) atoms. The van der Waals surface area contributed by atoms with Gasteiger partial charge in [-0.15, -0.1) is 0 Å². The molecule has 106 valence electrons. The smallest absolute Gasteiger partial charge is 0.122 e. The Morgan fingerprint density at radius 3 is 2.63 bits per heavy atom. The highest BCUT2D eigenvalue weighted by Crippen LogP contribution is 2.44. The second-order valence-corrected chi connectivity index (χ2v) is 5.85. The van der Waals surface area contributed by atoms with Gasteiger partial charge < -0.3 is 21.3 Å². The van der Waals surface area contributed by atoms with Crippen molar-refractivity contribution >= 4 is 34.8 Å². The van der Waals surface area contributed by atoms with E-state index >= 15 is 0 Å². The molecule has 0 amide bonds. The first-order valence-corrected chi connectivity index (χ1v) is 7.08. The highest BCUT2D eigenvalue weighted by Gasteiger charge is 2.30. The Kier molecular flexibility index (Phi) is 4.82. The van der Waals surface area contributed by atoms with E-state index in [1.54, 1.807) is 0 Å². The maximum absolute atomic E-state index is 10.0. The fraction of sp³-hybridized carbons (Fsp3) is 0.500. The van der Waals surface area contributed by atoms with Crippen molar-refractivity contribution < 1.29 is 10.2 Å². The quantitative estimate of drug-likeness (QED) is 0.497. The van der Waals surface area contributed by atoms with Crippen molar-refractivity contribution in [2.75, 3.05) is 6.54 Å². The van der Waals surface area contributed by atoms with Gasteiger partial charge in [0, 0.05) is 17.7 Å². The van der Waals surface area contributed by atoms with Gasteiger partial charge in [-0.1, -0.05) is 34.8 Å². The summed E-state index contributed by atoms with van der Waals surface area (Å²) in [5, 5.41) is 23.3. The second-order valence-electron chi connectivity index (χ2n) is 4.69. The number of phenolic OH excluding ortho intramolecular Hbond substituents is 1. The van der Waals surface area contributed by atoms with Crippen molar-refractivity contribution in [2.24, 2.45) is 5.73 Å². The molecule has 0 aliphatic carbocycles. The van der Waals surface area contributed by atoms with E-state index in [-0.39, 0.29) is 32.8 Å². The van der Waals surface area contributed by atoms with Crippen LogP contribution in [-0.4, -0.2) is 29.0 Å². The number of nitrogens with one attached hydrogen (secondary N) is 1. The third-order valence-electron chi connectivity index (χ3n) is 3.44. The number of aromatic hydroxyl groups is 1. The summed E-state index contributed by atoms with van der Waals surface area (Å²) in [6.07, 6.45) is 0.392. The second kappa shape index (κ2) is 6.04. The molecule has 0 spiro atoms. The third-order valence-corrected chi connectivity index (χ3v) is 4.71. The SMILES string of the molecule is NC(O)[C@H]1C[C@@H](c2c(O)cc(Cl)c(Cl)c2Cl)CCN1. The van der Waals surface area contributed by atoms with Crippen LogP contribution in [0.1, 0.15) is 24.3 Å². The minimum Gasteiger partial charge on any atom is -0.508 e. The number of aliphatic hydroxyl groups is 1. The molecule has 5 N–H and O–H groups in total. The molecule has 0 radical (unpaired) electrons. The predicted octanol–water partition coefficient (Wildman–Crippen LogP) is 2.47. The van der Waals surface area contributed by atoms with E-state index in [4.69, 9.17) is 40.5 Å². The molecule has 1 saturated heterocycles. The first-order valence-electron chi connectivity index (χ1n) is 5.95. The van der Waals surface area contributed by atoms with Crippen LogP contribution in [0.5, 0.6) is 5.75 Å². The average Bonchev–Trinajstić information content (AvgIpc) is 2.36. The molecule has 1 aromatic carbocycles. The lowest BCUT2D eigenvalue weighted by atomic mass is 9.85. The highest BCUT2D eigenvalue weighted by atomic mass is 35.5. The van der Waals surface area contributed by atoms with E-state index in [0.717, 1.165) is 6.42 Å². The Bertz CT molecular complexity index is 483. The third kappa shape index (κ3) is 3.10. The van der Waals surface area contributed by atoms with Gasteiger partial charge in [0.15, 0.2) is 0 Å². The normalized spacial score (nSPS) is 25.3. The van der Waals surface area contributed by atoms with Crippen LogP contribution in [0.3, 0.4) is 0 Å². The number of phenols is 1. The summed E-state index contributed by atoms with van der Waals surface area (Å²) in [6, 6.07) is 1.16. The molecule has 7 heteroatoms. The van der Waals surface area contributed by atoms with Gasteiger partial charge in [-0.25, -0.2) is 0 Å². The number of rotatable bonds is 2. The summed E-state index contributed by atoms with van der Waals surface area (Å²) in [4.78, 5) is 0. The van der Waals surface area contributed by atoms with Gasteiger partial charge in [-0.2, -0.15) is 0 Å². The predicted molar refractivity (Wildman–Crippen MR) is 77.1 cm³/mol. The molecule has 1 aromatic rings. The van der Waals surface area contributed by atoms with Gasteiger partial charge in [-0.3, -0.25) is 0 Å². The summed E-state index contributed by atoms with van der Waals surface area (Å²) in [7, 11) is 0. The first-order chi connectivity index (χ1) is 8.91. The molecule has 4 nitrogen and oxygen atoms in total. The summed E-state index contributed by atoms with van der Waals surface area (Å²) < 4.78 is 0. The zero-order chi connectivity index (χ0) is 14.2. The van der Waals surface area contributed by atoms with Gasteiger partial charge in [0.05, 0.1) is 15.1 Å². The van der Waals surface area contributed by atoms with E-state index in [1.807, 2.05) is 0 Å². The summed E-state index contributed by atoms with van der Waals surface area (Å²) in [6.45, 7) is 0.680. The van der Waals surface area contributed by atoms with Crippen LogP contribution >= 0.6 is 34.8 Å². The largest absolute Gasteiger partial charge is 0.508 e. The lowest BCUT2D eigenvalue weighted by Crippen LogP contribution is -2.49. The van der Waals surface area contributed by atoms with Crippen molar-refractivity contribution in [3.05, 3.63) is 26.7 Å². The van der Waals surface area contributed by atoms with Crippen molar-refractivity contribution in [3.8, 4) is 5.75 Å². The molecule has 1 fully saturated rings. The van der Waals surface area contributed by atoms with Crippen molar-refractivity contribution in [1.29, 1.82) is 0 Å². The molecule has 1 aliphatic rings. The molecule has 2 rings (SSSR count). The first kappa shape index (κ1) is 15.2. The Balaban J connectivity index is 2.34. The van der Waals surface area contributed by atoms with Crippen LogP contribution in [0.15, 0.2) is 6.07 Å². The van der Waals surface area contributed by atoms with Crippen LogP contribution in [-0.2, 0) is 0 Å². The van der Waals surface area contributed by atoms with Crippen molar-refractivity contribution in [1.82, 2.24) is 5.32 Å². The highest BCUT2D eigenvalue weighted by molar-refractivity contribution is 6.48. The molecular weight excluding hydrogens is 311 g/mol. The zero-order valence-electron chi connectivity index (χ0n) is 10.0. The Morgan fingerprint density at radius 1 is 1.32 bits per heavy atom. The number of hydrogen-bond donors (Lipinski definition) is 4. The molecule has 0 saturated carbocycles. The van der Waals surface area contributed by atoms with E-state index in [9.17, 15) is 10.2 Å². The zero-order valence-corrected chi connectivity index (χ0v) is 12.3. The summed E-state index contributed by atoms with van der Waals surface area (Å²) in [5.74, 6) is 0.00304. The fourth-order valence-electron chi connectivity index (χ4n) is 2.46. The monoisotopic (exact) mass is 324 g/mol. The topological polar surface area (TPSA) is 78.5 Å². The van der Waals surface area contributed by atoms with E-state index in [1.165, 1.54) is 6.07 Å². The maximum Gasteiger partial charge on any atom is 0.122 e. The standard InChI is InChI=1S/C12H15Cl3N2O2/c13-6-4-8(18)9(11(15)10(6)14)5-1-2-17-7(3-5)12(16)19/h4-5,7,12,17-19H,1-3,16H2/t5-,7+,12?/m0/s1. The number of benzene rings is 1. The van der Waals surface area contributed by atoms with Gasteiger partial charge >= 0.3 is 0 Å². The van der Waals surface area contributed by atoms with Crippen LogP contribution in [0, 0.1) is 0 Å². The number of aliphatic hydroxyl groups excluding tert-OH is 1. The average molecular weight is 326 g/mol. The molecular formula is C12H15Cl3N2O2. The minimum absolute atomic E-state index is 0.0216. The molecule has 1 heterocycles. The van der Waals surface area contributed by atoms with Gasteiger partial charge in [0.1, 0.15) is 12.0 Å². The van der Waals surface area contributed by atoms with Crippen LogP contribution in [0.25, 0.3) is 0 Å². The van der Waals surface area contributed by atoms with Gasteiger partial charge in [0.25, 0.3) is 0 Å². The minimum atomic E-state index is -0.952. The molecule has 0 bridgehead atoms. The van der Waals surface area contributed by atoms with E-state index in [2.05, 4.69) is 5.32 Å². The Labute approximate surface area is 126 Å². The number of halogens is 3. The van der Waals surface area contributed by atoms with Gasteiger partial charge in [-0.05, 0) is 25.3 Å². The lowest BCUT2D eigenvalue weighted by molar-refractivity contribution is 0.113. The summed E-state index contributed by atoms with van der Waals surface area (Å²) in [5.41, 5.74) is 6.06. The van der Waals surface area contributed by atoms with Crippen LogP contribution in [0.4, 0.5) is 0 Å². The number of piperidine rings is 1. The fourth-order valence-corrected chi connectivity index (χ4v) is 3.21. The van der Waals surface area contributed by atoms with Gasteiger partial charge in [0.2, 0.25) is 0 Å². The van der Waals surface area contributed by atoms with Crippen molar-refractivity contribution in [3.63, 3.8) is 0 Å². The van der Waals surface area contributed by atoms with Crippen LogP contribution in [0.2, 0.25) is 15.1 Å². The Morgan fingerprint density at radius 2 is 2.00 bits per heavy atom. The number of nitrogens with two attached hydrogens (primary N) is 1. The summed E-state index contributed by atoms with van der Waals surface area (Å²) >= 11 is 18.0. The lowest BCUT2D eigenvalue weighted by Gasteiger charge is -2.33. The Hall–Kier alpha value is -0.230. The van der Waals surface area contributed by atoms with E-state index < -0.39 is 6.23 Å². The van der Waals surface area contributed by atoms with Crippen LogP contribution < -0.4 is 11.1 Å². The van der Waals surface area contributed by atoms with E-state index in [0.29, 0.717) is 18.5 Å². The molecule has 0 aromatic heterocycles. The molecule has 3 atom stereocenters. The molecule has 1 aliphatic heterocycles. The number of hydrogen-bond acceptors (Lipinski definition) is 4. The van der Waals surface area contributed by atoms with Crippen molar-refractivity contribution in [2.45, 2.75) is 31.0 Å². The maximum atomic E-state index is 10.0.